The predicted molar refractivity (Wildman–Crippen MR) is 86.0 cm³/mol. The zero-order chi connectivity index (χ0) is 16.4. The maximum absolute atomic E-state index is 12.2. The molecule has 1 amide bonds. The molecule has 1 atom stereocenters. The van der Waals surface area contributed by atoms with Crippen LogP contribution in [0.4, 0.5) is 0 Å². The molecule has 1 aromatic rings. The number of sulfone groups is 1. The number of rotatable bonds is 3. The lowest BCUT2D eigenvalue weighted by Crippen LogP contribution is -2.46. The number of fused-ring (bicyclic) bond motifs is 1. The Balaban J connectivity index is 1.60. The number of aryl methyl sites for hydroxylation is 1. The summed E-state index contributed by atoms with van der Waals surface area (Å²) < 4.78 is 22.8. The Morgan fingerprint density at radius 1 is 1.30 bits per heavy atom. The molecule has 1 fully saturated rings. The fourth-order valence-corrected chi connectivity index (χ4v) is 4.48. The Morgan fingerprint density at radius 3 is 2.78 bits per heavy atom. The van der Waals surface area contributed by atoms with Gasteiger partial charge in [-0.05, 0) is 30.9 Å². The van der Waals surface area contributed by atoms with E-state index >= 15 is 0 Å². The predicted octanol–water partition coefficient (Wildman–Crippen LogP) is -0.401. The summed E-state index contributed by atoms with van der Waals surface area (Å²) >= 11 is 0. The zero-order valence-corrected chi connectivity index (χ0v) is 13.7. The summed E-state index contributed by atoms with van der Waals surface area (Å²) in [6.07, 6.45) is 2.58. The first kappa shape index (κ1) is 16.2. The van der Waals surface area contributed by atoms with Crippen LogP contribution in [0, 0.1) is 0 Å². The quantitative estimate of drug-likeness (QED) is 0.781. The number of nitrogens with zero attached hydrogens (tertiary/aromatic N) is 1. The summed E-state index contributed by atoms with van der Waals surface area (Å²) in [6, 6.07) is 3.18. The molecule has 0 spiro atoms. The Labute approximate surface area is 135 Å². The van der Waals surface area contributed by atoms with Crippen molar-refractivity contribution in [3.8, 4) is 0 Å². The molecule has 0 aromatic carbocycles. The lowest BCUT2D eigenvalue weighted by atomic mass is 9.91. The fraction of sp³-hybridized carbons (Fsp3) is 0.600. The van der Waals surface area contributed by atoms with Crippen LogP contribution in [0.25, 0.3) is 0 Å². The van der Waals surface area contributed by atoms with Crippen molar-refractivity contribution < 1.29 is 13.2 Å². The van der Waals surface area contributed by atoms with Crippen molar-refractivity contribution in [1.82, 2.24) is 15.2 Å². The second-order valence-corrected chi connectivity index (χ2v) is 8.50. The summed E-state index contributed by atoms with van der Waals surface area (Å²) in [4.78, 5) is 28.3. The molecule has 1 aliphatic heterocycles. The fourth-order valence-electron chi connectivity index (χ4n) is 3.20. The van der Waals surface area contributed by atoms with Crippen LogP contribution in [0.1, 0.15) is 30.1 Å². The van der Waals surface area contributed by atoms with Crippen LogP contribution >= 0.6 is 0 Å². The number of H-pyrrole nitrogens is 1. The molecule has 8 heteroatoms. The maximum Gasteiger partial charge on any atom is 0.248 e. The maximum atomic E-state index is 12.2. The van der Waals surface area contributed by atoms with Crippen LogP contribution < -0.4 is 10.9 Å². The van der Waals surface area contributed by atoms with E-state index in [1.807, 2.05) is 4.90 Å². The van der Waals surface area contributed by atoms with E-state index in [2.05, 4.69) is 10.3 Å². The van der Waals surface area contributed by atoms with E-state index in [-0.39, 0.29) is 35.6 Å². The second-order valence-electron chi connectivity index (χ2n) is 6.20. The Kier molecular flexibility index (Phi) is 4.54. The standard InChI is InChI=1S/C15H21N3O4S/c19-14-5-4-11-12(16-14)2-1-3-13(11)17-15(20)10-18-6-8-23(21,22)9-7-18/h4-5,13H,1-3,6-10H2,(H,16,19)(H,17,20). The van der Waals surface area contributed by atoms with Crippen molar-refractivity contribution in [2.24, 2.45) is 0 Å². The number of aromatic amines is 1. The van der Waals surface area contributed by atoms with Gasteiger partial charge in [-0.15, -0.1) is 0 Å². The van der Waals surface area contributed by atoms with E-state index in [0.717, 1.165) is 30.5 Å². The molecular formula is C15H21N3O4S. The number of amides is 1. The number of pyridine rings is 1. The topological polar surface area (TPSA) is 99.3 Å². The van der Waals surface area contributed by atoms with Gasteiger partial charge in [0.15, 0.2) is 9.84 Å². The van der Waals surface area contributed by atoms with Gasteiger partial charge >= 0.3 is 0 Å². The molecule has 2 N–H and O–H groups in total. The van der Waals surface area contributed by atoms with Gasteiger partial charge in [0, 0.05) is 24.8 Å². The van der Waals surface area contributed by atoms with Crippen LogP contribution in [0.3, 0.4) is 0 Å². The first-order chi connectivity index (χ1) is 10.9. The normalized spacial score (nSPS) is 23.9. The molecule has 126 valence electrons. The average Bonchev–Trinajstić information content (AvgIpc) is 2.49. The van der Waals surface area contributed by atoms with Crippen LogP contribution in [0.2, 0.25) is 0 Å². The molecule has 3 rings (SSSR count). The SMILES string of the molecule is O=C(CN1CCS(=O)(=O)CC1)NC1CCCc2[nH]c(=O)ccc21. The van der Waals surface area contributed by atoms with Crippen molar-refractivity contribution in [2.75, 3.05) is 31.1 Å². The Bertz CT molecular complexity index is 742. The van der Waals surface area contributed by atoms with Crippen LogP contribution in [0.5, 0.6) is 0 Å². The van der Waals surface area contributed by atoms with Gasteiger partial charge in [-0.25, -0.2) is 8.42 Å². The van der Waals surface area contributed by atoms with Gasteiger partial charge in [-0.2, -0.15) is 0 Å². The van der Waals surface area contributed by atoms with Crippen molar-refractivity contribution in [3.05, 3.63) is 33.7 Å². The summed E-state index contributed by atoms with van der Waals surface area (Å²) in [6.45, 7) is 1.03. The highest BCUT2D eigenvalue weighted by Crippen LogP contribution is 2.27. The van der Waals surface area contributed by atoms with E-state index < -0.39 is 9.84 Å². The number of hydrogen-bond acceptors (Lipinski definition) is 5. The summed E-state index contributed by atoms with van der Waals surface area (Å²) in [5, 5.41) is 3.01. The van der Waals surface area contributed by atoms with E-state index in [0.29, 0.717) is 13.1 Å². The number of nitrogens with one attached hydrogen (secondary N) is 2. The number of aromatic nitrogens is 1. The number of carbonyl (C=O) groups is 1. The molecule has 1 saturated heterocycles. The minimum atomic E-state index is -2.93. The van der Waals surface area contributed by atoms with Gasteiger partial charge in [-0.1, -0.05) is 0 Å². The van der Waals surface area contributed by atoms with Gasteiger partial charge in [0.1, 0.15) is 0 Å². The third-order valence-corrected chi connectivity index (χ3v) is 6.08. The van der Waals surface area contributed by atoms with Gasteiger partial charge in [0.05, 0.1) is 24.1 Å². The molecular weight excluding hydrogens is 318 g/mol. The first-order valence-electron chi connectivity index (χ1n) is 7.87. The lowest BCUT2D eigenvalue weighted by molar-refractivity contribution is -0.123. The monoisotopic (exact) mass is 339 g/mol. The average molecular weight is 339 g/mol. The first-order valence-corrected chi connectivity index (χ1v) is 9.69. The third-order valence-electron chi connectivity index (χ3n) is 4.47. The van der Waals surface area contributed by atoms with Crippen LogP contribution in [-0.2, 0) is 21.1 Å². The van der Waals surface area contributed by atoms with Crippen molar-refractivity contribution in [2.45, 2.75) is 25.3 Å². The van der Waals surface area contributed by atoms with E-state index in [4.69, 9.17) is 0 Å². The summed E-state index contributed by atoms with van der Waals surface area (Å²) in [5.74, 6) is 0.134. The molecule has 2 heterocycles. The second kappa shape index (κ2) is 6.45. The number of hydrogen-bond donors (Lipinski definition) is 2. The highest BCUT2D eigenvalue weighted by Gasteiger charge is 2.26. The minimum absolute atomic E-state index is 0.0865. The van der Waals surface area contributed by atoms with Crippen LogP contribution in [0.15, 0.2) is 16.9 Å². The smallest absolute Gasteiger partial charge is 0.248 e. The van der Waals surface area contributed by atoms with Crippen molar-refractivity contribution in [3.63, 3.8) is 0 Å². The zero-order valence-electron chi connectivity index (χ0n) is 12.9. The molecule has 1 aliphatic carbocycles. The highest BCUT2D eigenvalue weighted by molar-refractivity contribution is 7.91. The third kappa shape index (κ3) is 4.00. The van der Waals surface area contributed by atoms with Crippen molar-refractivity contribution in [1.29, 1.82) is 0 Å². The van der Waals surface area contributed by atoms with Gasteiger partial charge in [-0.3, -0.25) is 14.5 Å². The van der Waals surface area contributed by atoms with E-state index in [9.17, 15) is 18.0 Å². The molecule has 0 saturated carbocycles. The summed E-state index contributed by atoms with van der Waals surface area (Å²) in [5.41, 5.74) is 1.76. The molecule has 1 unspecified atom stereocenters. The van der Waals surface area contributed by atoms with Gasteiger partial charge in [0.2, 0.25) is 11.5 Å². The number of carbonyl (C=O) groups excluding carboxylic acids is 1. The molecule has 23 heavy (non-hydrogen) atoms. The lowest BCUT2D eigenvalue weighted by Gasteiger charge is -2.29. The largest absolute Gasteiger partial charge is 0.348 e. The van der Waals surface area contributed by atoms with Gasteiger partial charge in [0.25, 0.3) is 0 Å². The molecule has 7 nitrogen and oxygen atoms in total. The van der Waals surface area contributed by atoms with Gasteiger partial charge < -0.3 is 10.3 Å². The highest BCUT2D eigenvalue weighted by atomic mass is 32.2. The molecule has 2 aliphatic rings. The molecule has 0 bridgehead atoms. The van der Waals surface area contributed by atoms with E-state index in [1.165, 1.54) is 6.07 Å². The Hall–Kier alpha value is -1.67. The van der Waals surface area contributed by atoms with E-state index in [1.54, 1.807) is 6.07 Å². The summed E-state index contributed by atoms with van der Waals surface area (Å²) in [7, 11) is -2.93. The van der Waals surface area contributed by atoms with Crippen LogP contribution in [-0.4, -0.2) is 55.3 Å². The minimum Gasteiger partial charge on any atom is -0.348 e. The molecule has 0 radical (unpaired) electrons. The Morgan fingerprint density at radius 2 is 2.04 bits per heavy atom. The molecule has 1 aromatic heterocycles. The van der Waals surface area contributed by atoms with Crippen molar-refractivity contribution >= 4 is 15.7 Å².